The summed E-state index contributed by atoms with van der Waals surface area (Å²) >= 11 is 1.23. The third-order valence-electron chi connectivity index (χ3n) is 4.05. The molecule has 2 amide bonds. The maximum atomic E-state index is 12.4. The number of fused-ring (bicyclic) bond motifs is 1. The second-order valence-electron chi connectivity index (χ2n) is 5.95. The fourth-order valence-corrected chi connectivity index (χ4v) is 3.42. The van der Waals surface area contributed by atoms with Crippen LogP contribution in [0.3, 0.4) is 0 Å². The summed E-state index contributed by atoms with van der Waals surface area (Å²) in [6.07, 6.45) is 3.16. The summed E-state index contributed by atoms with van der Waals surface area (Å²) < 4.78 is 1.11. The Labute approximate surface area is 161 Å². The maximum absolute atomic E-state index is 12.4. The van der Waals surface area contributed by atoms with E-state index < -0.39 is 11.8 Å². The molecule has 3 aromatic heterocycles. The summed E-state index contributed by atoms with van der Waals surface area (Å²) in [4.78, 5) is 43.0. The maximum Gasteiger partial charge on any atom is 0.275 e. The van der Waals surface area contributed by atoms with Crippen molar-refractivity contribution in [3.05, 3.63) is 64.2 Å². The fraction of sp³-hybridized carbons (Fsp3) is 0.0556. The van der Waals surface area contributed by atoms with E-state index in [0.29, 0.717) is 21.8 Å². The monoisotopic (exact) mass is 394 g/mol. The number of rotatable bonds is 5. The van der Waals surface area contributed by atoms with Gasteiger partial charge in [-0.3, -0.25) is 14.4 Å². The predicted octanol–water partition coefficient (Wildman–Crippen LogP) is 1.59. The molecule has 0 saturated carbocycles. The van der Waals surface area contributed by atoms with Gasteiger partial charge in [-0.2, -0.15) is 5.10 Å². The standard InChI is InChI=1S/C18H14N6O3S/c19-16(26)13-5-11(6-20-13)14-9-28-18(22-14)23-15(25)8-24-17(27)12-4-2-1-3-10(12)7-21-24/h1-7,9,20H,8H2,(H2,19,26)(H,22,23,25). The lowest BCUT2D eigenvalue weighted by Crippen LogP contribution is -2.29. The van der Waals surface area contributed by atoms with Crippen LogP contribution in [-0.4, -0.2) is 31.6 Å². The second kappa shape index (κ2) is 7.08. The van der Waals surface area contributed by atoms with Crippen molar-refractivity contribution in [2.45, 2.75) is 6.54 Å². The molecule has 28 heavy (non-hydrogen) atoms. The van der Waals surface area contributed by atoms with Crippen LogP contribution in [0, 0.1) is 0 Å². The molecular weight excluding hydrogens is 380 g/mol. The van der Waals surface area contributed by atoms with Crippen LogP contribution in [0.1, 0.15) is 10.5 Å². The fourth-order valence-electron chi connectivity index (χ4n) is 2.68. The van der Waals surface area contributed by atoms with E-state index in [1.165, 1.54) is 11.3 Å². The lowest BCUT2D eigenvalue weighted by atomic mass is 10.2. The Hall–Kier alpha value is -3.79. The molecular formula is C18H14N6O3S. The summed E-state index contributed by atoms with van der Waals surface area (Å²) in [6, 6.07) is 8.64. The lowest BCUT2D eigenvalue weighted by Gasteiger charge is -2.05. The van der Waals surface area contributed by atoms with E-state index in [9.17, 15) is 14.4 Å². The van der Waals surface area contributed by atoms with E-state index in [0.717, 1.165) is 10.1 Å². The Morgan fingerprint density at radius 1 is 1.29 bits per heavy atom. The summed E-state index contributed by atoms with van der Waals surface area (Å²) in [5.74, 6) is -0.985. The zero-order chi connectivity index (χ0) is 19.7. The van der Waals surface area contributed by atoms with Crippen molar-refractivity contribution in [2.75, 3.05) is 5.32 Å². The van der Waals surface area contributed by atoms with E-state index in [2.05, 4.69) is 20.4 Å². The Morgan fingerprint density at radius 3 is 2.89 bits per heavy atom. The molecule has 0 aliphatic carbocycles. The molecule has 140 valence electrons. The second-order valence-corrected chi connectivity index (χ2v) is 6.81. The van der Waals surface area contributed by atoms with Gasteiger partial charge in [0.15, 0.2) is 5.13 Å². The molecule has 0 aliphatic heterocycles. The molecule has 0 saturated heterocycles. The van der Waals surface area contributed by atoms with E-state index >= 15 is 0 Å². The van der Waals surface area contributed by atoms with Crippen molar-refractivity contribution in [1.29, 1.82) is 0 Å². The molecule has 9 nitrogen and oxygen atoms in total. The SMILES string of the molecule is NC(=O)c1cc(-c2csc(NC(=O)Cn3ncc4ccccc4c3=O)n2)c[nH]1. The van der Waals surface area contributed by atoms with Gasteiger partial charge >= 0.3 is 0 Å². The molecule has 0 aliphatic rings. The third-order valence-corrected chi connectivity index (χ3v) is 4.81. The van der Waals surface area contributed by atoms with Crippen LogP contribution in [0.2, 0.25) is 0 Å². The highest BCUT2D eigenvalue weighted by Gasteiger charge is 2.13. The normalized spacial score (nSPS) is 10.9. The number of nitrogens with one attached hydrogen (secondary N) is 2. The van der Waals surface area contributed by atoms with Crippen LogP contribution in [-0.2, 0) is 11.3 Å². The summed E-state index contributed by atoms with van der Waals surface area (Å²) in [7, 11) is 0. The molecule has 0 radical (unpaired) electrons. The number of carbonyl (C=O) groups excluding carboxylic acids is 2. The van der Waals surface area contributed by atoms with Gasteiger partial charge in [0.05, 0.1) is 17.3 Å². The van der Waals surface area contributed by atoms with Crippen LogP contribution in [0.4, 0.5) is 5.13 Å². The Bertz CT molecular complexity index is 1260. The molecule has 4 N–H and O–H groups in total. The molecule has 0 unspecified atom stereocenters. The minimum atomic E-state index is -0.566. The molecule has 0 fully saturated rings. The number of nitrogens with zero attached hydrogens (tertiary/aromatic N) is 3. The van der Waals surface area contributed by atoms with E-state index in [1.807, 2.05) is 6.07 Å². The highest BCUT2D eigenvalue weighted by Crippen LogP contribution is 2.25. The molecule has 4 rings (SSSR count). The first-order valence-corrected chi connectivity index (χ1v) is 9.08. The van der Waals surface area contributed by atoms with Gasteiger partial charge in [-0.25, -0.2) is 9.67 Å². The number of amides is 2. The van der Waals surface area contributed by atoms with Crippen LogP contribution < -0.4 is 16.6 Å². The van der Waals surface area contributed by atoms with Crippen molar-refractivity contribution in [1.82, 2.24) is 19.7 Å². The minimum absolute atomic E-state index is 0.228. The van der Waals surface area contributed by atoms with Gasteiger partial charge in [0.1, 0.15) is 12.2 Å². The highest BCUT2D eigenvalue weighted by atomic mass is 32.1. The number of aromatic amines is 1. The van der Waals surface area contributed by atoms with Gasteiger partial charge in [-0.05, 0) is 12.1 Å². The Morgan fingerprint density at radius 2 is 2.11 bits per heavy atom. The number of H-pyrrole nitrogens is 1. The van der Waals surface area contributed by atoms with Gasteiger partial charge < -0.3 is 16.0 Å². The summed E-state index contributed by atoms with van der Waals surface area (Å²) in [6.45, 7) is -0.228. The number of nitrogens with two attached hydrogens (primary N) is 1. The number of anilines is 1. The van der Waals surface area contributed by atoms with Crippen molar-refractivity contribution in [3.63, 3.8) is 0 Å². The number of benzene rings is 1. The quantitative estimate of drug-likeness (QED) is 0.472. The summed E-state index contributed by atoms with van der Waals surface area (Å²) in [5, 5.41) is 10.0. The van der Waals surface area contributed by atoms with Crippen molar-refractivity contribution in [2.24, 2.45) is 5.73 Å². The van der Waals surface area contributed by atoms with Crippen molar-refractivity contribution in [3.8, 4) is 11.3 Å². The number of aromatic nitrogens is 4. The number of hydrogen-bond donors (Lipinski definition) is 3. The van der Waals surface area contributed by atoms with E-state index in [-0.39, 0.29) is 17.8 Å². The van der Waals surface area contributed by atoms with Gasteiger partial charge in [-0.1, -0.05) is 18.2 Å². The molecule has 0 bridgehead atoms. The molecule has 4 aromatic rings. The first kappa shape index (κ1) is 17.6. The Balaban J connectivity index is 1.49. The number of hydrogen-bond acceptors (Lipinski definition) is 6. The van der Waals surface area contributed by atoms with E-state index in [1.54, 1.807) is 42.0 Å². The van der Waals surface area contributed by atoms with Crippen LogP contribution >= 0.6 is 11.3 Å². The molecule has 1 aromatic carbocycles. The average Bonchev–Trinajstić information content (AvgIpc) is 3.34. The topological polar surface area (TPSA) is 136 Å². The number of carbonyl (C=O) groups is 2. The average molecular weight is 394 g/mol. The molecule has 10 heteroatoms. The largest absolute Gasteiger partial charge is 0.364 e. The number of primary amides is 1. The Kier molecular flexibility index (Phi) is 4.45. The van der Waals surface area contributed by atoms with Gasteiger partial charge in [-0.15, -0.1) is 11.3 Å². The summed E-state index contributed by atoms with van der Waals surface area (Å²) in [5.41, 5.74) is 6.42. The van der Waals surface area contributed by atoms with Crippen molar-refractivity contribution >= 4 is 39.1 Å². The van der Waals surface area contributed by atoms with Crippen LogP contribution in [0.5, 0.6) is 0 Å². The molecule has 3 heterocycles. The predicted molar refractivity (Wildman–Crippen MR) is 105 cm³/mol. The minimum Gasteiger partial charge on any atom is -0.364 e. The molecule has 0 atom stereocenters. The van der Waals surface area contributed by atoms with Gasteiger partial charge in [0.25, 0.3) is 11.5 Å². The molecule has 0 spiro atoms. The smallest absolute Gasteiger partial charge is 0.275 e. The van der Waals surface area contributed by atoms with E-state index in [4.69, 9.17) is 5.73 Å². The highest BCUT2D eigenvalue weighted by molar-refractivity contribution is 7.14. The first-order chi connectivity index (χ1) is 13.5. The zero-order valence-electron chi connectivity index (χ0n) is 14.4. The number of thiazole rings is 1. The third kappa shape index (κ3) is 3.40. The van der Waals surface area contributed by atoms with Gasteiger partial charge in [0.2, 0.25) is 5.91 Å². The zero-order valence-corrected chi connectivity index (χ0v) is 15.2. The lowest BCUT2D eigenvalue weighted by molar-refractivity contribution is -0.117. The van der Waals surface area contributed by atoms with Crippen LogP contribution in [0.15, 0.2) is 52.9 Å². The first-order valence-electron chi connectivity index (χ1n) is 8.20. The van der Waals surface area contributed by atoms with Crippen molar-refractivity contribution < 1.29 is 9.59 Å². The van der Waals surface area contributed by atoms with Crippen LogP contribution in [0.25, 0.3) is 22.0 Å². The van der Waals surface area contributed by atoms with Gasteiger partial charge in [0, 0.05) is 22.5 Å².